The second-order valence-electron chi connectivity index (χ2n) is 3.88. The van der Waals surface area contributed by atoms with E-state index >= 15 is 0 Å². The monoisotopic (exact) mass is 290 g/mol. The third kappa shape index (κ3) is 2.31. The van der Waals surface area contributed by atoms with E-state index in [1.54, 1.807) is 0 Å². The van der Waals surface area contributed by atoms with Gasteiger partial charge in [-0.2, -0.15) is 8.42 Å². The summed E-state index contributed by atoms with van der Waals surface area (Å²) in [5.41, 5.74) is 0.316. The summed E-state index contributed by atoms with van der Waals surface area (Å²) in [6.45, 7) is 1.21. The molecular formula is C10H10O6S2. The molecule has 1 N–H and O–H groups in total. The maximum absolute atomic E-state index is 11.9. The van der Waals surface area contributed by atoms with Crippen molar-refractivity contribution < 1.29 is 27.3 Å². The molecule has 1 aromatic rings. The summed E-state index contributed by atoms with van der Waals surface area (Å²) in [7, 11) is -4.31. The van der Waals surface area contributed by atoms with Crippen LogP contribution in [0.2, 0.25) is 0 Å². The van der Waals surface area contributed by atoms with Gasteiger partial charge in [-0.15, -0.1) is 11.3 Å². The number of ether oxygens (including phenoxy) is 1. The fraction of sp³-hybridized carbons (Fsp3) is 0.400. The number of ketones is 1. The molecule has 8 heteroatoms. The Morgan fingerprint density at radius 1 is 1.56 bits per heavy atom. The molecule has 0 aliphatic heterocycles. The molecule has 2 rings (SSSR count). The van der Waals surface area contributed by atoms with Crippen molar-refractivity contribution in [2.45, 2.75) is 30.8 Å². The molecule has 0 amide bonds. The first kappa shape index (κ1) is 13.2. The Bertz CT molecular complexity index is 612. The first-order valence-corrected chi connectivity index (χ1v) is 7.42. The van der Waals surface area contributed by atoms with Crippen molar-refractivity contribution in [3.8, 4) is 0 Å². The predicted octanol–water partition coefficient (Wildman–Crippen LogP) is 1.06. The van der Waals surface area contributed by atoms with Gasteiger partial charge >= 0.3 is 5.97 Å². The standard InChI is InChI=1S/C10H10O6S2/c1-5(11)16-7-3-2-6-8(18(13,14)15)4-17-10(6)9(7)12/h4,7H,2-3H2,1H3,(H,13,14,15). The molecule has 0 saturated heterocycles. The Balaban J connectivity index is 2.39. The summed E-state index contributed by atoms with van der Waals surface area (Å²) in [6.07, 6.45) is -0.356. The van der Waals surface area contributed by atoms with Gasteiger partial charge in [0.05, 0.1) is 4.88 Å². The highest BCUT2D eigenvalue weighted by atomic mass is 32.2. The van der Waals surface area contributed by atoms with Crippen LogP contribution in [-0.2, 0) is 26.1 Å². The maximum atomic E-state index is 11.9. The van der Waals surface area contributed by atoms with E-state index in [0.717, 1.165) is 11.3 Å². The van der Waals surface area contributed by atoms with E-state index in [4.69, 9.17) is 9.29 Å². The molecular weight excluding hydrogens is 280 g/mol. The number of esters is 1. The molecule has 0 spiro atoms. The molecule has 0 saturated carbocycles. The Morgan fingerprint density at radius 2 is 2.22 bits per heavy atom. The largest absolute Gasteiger partial charge is 0.454 e. The predicted molar refractivity (Wildman–Crippen MR) is 62.3 cm³/mol. The van der Waals surface area contributed by atoms with Gasteiger partial charge in [-0.05, 0) is 18.4 Å². The Labute approximate surface area is 107 Å². The molecule has 6 nitrogen and oxygen atoms in total. The number of fused-ring (bicyclic) bond motifs is 1. The van der Waals surface area contributed by atoms with Gasteiger partial charge in [0.25, 0.3) is 10.1 Å². The van der Waals surface area contributed by atoms with E-state index in [1.165, 1.54) is 12.3 Å². The Kier molecular flexibility index (Phi) is 3.26. The van der Waals surface area contributed by atoms with Crippen LogP contribution < -0.4 is 0 Å². The molecule has 1 aliphatic carbocycles. The van der Waals surface area contributed by atoms with Crippen LogP contribution in [0.25, 0.3) is 0 Å². The van der Waals surface area contributed by atoms with E-state index in [-0.39, 0.29) is 22.6 Å². The van der Waals surface area contributed by atoms with Crippen molar-refractivity contribution in [3.05, 3.63) is 15.8 Å². The van der Waals surface area contributed by atoms with Crippen LogP contribution in [0.4, 0.5) is 0 Å². The zero-order valence-corrected chi connectivity index (χ0v) is 11.0. The lowest BCUT2D eigenvalue weighted by molar-refractivity contribution is -0.144. The van der Waals surface area contributed by atoms with E-state index in [9.17, 15) is 18.0 Å². The molecule has 1 atom stereocenters. The number of carbonyl (C=O) groups excluding carboxylic acids is 2. The molecule has 1 aliphatic rings. The maximum Gasteiger partial charge on any atom is 0.303 e. The molecule has 1 heterocycles. The smallest absolute Gasteiger partial charge is 0.303 e. The van der Waals surface area contributed by atoms with Crippen LogP contribution >= 0.6 is 11.3 Å². The molecule has 1 unspecified atom stereocenters. The van der Waals surface area contributed by atoms with Gasteiger partial charge in [-0.3, -0.25) is 14.1 Å². The molecule has 0 radical (unpaired) electrons. The van der Waals surface area contributed by atoms with Crippen LogP contribution in [0.3, 0.4) is 0 Å². The lowest BCUT2D eigenvalue weighted by atomic mass is 9.95. The molecule has 1 aromatic heterocycles. The average Bonchev–Trinajstić information content (AvgIpc) is 2.65. The van der Waals surface area contributed by atoms with Gasteiger partial charge in [0, 0.05) is 12.3 Å². The fourth-order valence-corrected chi connectivity index (χ4v) is 4.07. The van der Waals surface area contributed by atoms with Gasteiger partial charge < -0.3 is 4.74 Å². The quantitative estimate of drug-likeness (QED) is 0.646. The minimum Gasteiger partial charge on any atom is -0.454 e. The van der Waals surface area contributed by atoms with Crippen molar-refractivity contribution in [1.29, 1.82) is 0 Å². The molecule has 0 bridgehead atoms. The summed E-state index contributed by atoms with van der Waals surface area (Å²) in [6, 6.07) is 0. The highest BCUT2D eigenvalue weighted by Crippen LogP contribution is 2.33. The number of thiophene rings is 1. The van der Waals surface area contributed by atoms with Gasteiger partial charge in [-0.25, -0.2) is 0 Å². The summed E-state index contributed by atoms with van der Waals surface area (Å²) < 4.78 is 36.1. The summed E-state index contributed by atoms with van der Waals surface area (Å²) >= 11 is 0.938. The minimum absolute atomic E-state index is 0.225. The summed E-state index contributed by atoms with van der Waals surface area (Å²) in [5.74, 6) is -0.963. The van der Waals surface area contributed by atoms with Gasteiger partial charge in [0.1, 0.15) is 4.90 Å². The van der Waals surface area contributed by atoms with Gasteiger partial charge in [-0.1, -0.05) is 0 Å². The SMILES string of the molecule is CC(=O)OC1CCc2c(S(=O)(=O)O)csc2C1=O. The summed E-state index contributed by atoms with van der Waals surface area (Å²) in [5, 5.41) is 1.23. The number of hydrogen-bond acceptors (Lipinski definition) is 6. The third-order valence-corrected chi connectivity index (χ3v) is 4.72. The fourth-order valence-electron chi connectivity index (χ4n) is 1.89. The van der Waals surface area contributed by atoms with E-state index in [2.05, 4.69) is 0 Å². The number of hydrogen-bond donors (Lipinski definition) is 1. The first-order valence-electron chi connectivity index (χ1n) is 5.10. The Hall–Kier alpha value is -1.25. The molecule has 98 valence electrons. The number of carbonyl (C=O) groups is 2. The highest BCUT2D eigenvalue weighted by molar-refractivity contribution is 7.86. The minimum atomic E-state index is -4.31. The molecule has 18 heavy (non-hydrogen) atoms. The van der Waals surface area contributed by atoms with E-state index in [1.807, 2.05) is 0 Å². The highest BCUT2D eigenvalue weighted by Gasteiger charge is 2.34. The number of rotatable bonds is 2. The van der Waals surface area contributed by atoms with E-state index < -0.39 is 28.0 Å². The topological polar surface area (TPSA) is 97.7 Å². The second-order valence-corrected chi connectivity index (χ2v) is 6.15. The first-order chi connectivity index (χ1) is 8.30. The van der Waals surface area contributed by atoms with Crippen LogP contribution in [0, 0.1) is 0 Å². The molecule has 0 aromatic carbocycles. The van der Waals surface area contributed by atoms with Crippen LogP contribution in [-0.4, -0.2) is 30.8 Å². The average molecular weight is 290 g/mol. The normalized spacial score (nSPS) is 19.4. The zero-order chi connectivity index (χ0) is 13.5. The van der Waals surface area contributed by atoms with Gasteiger partial charge in [0.2, 0.25) is 5.78 Å². The van der Waals surface area contributed by atoms with Crippen molar-refractivity contribution >= 4 is 33.2 Å². The Morgan fingerprint density at radius 3 is 2.78 bits per heavy atom. The van der Waals surface area contributed by atoms with Crippen LogP contribution in [0.5, 0.6) is 0 Å². The molecule has 0 fully saturated rings. The lowest BCUT2D eigenvalue weighted by Gasteiger charge is -2.20. The second kappa shape index (κ2) is 4.45. The van der Waals surface area contributed by atoms with Crippen molar-refractivity contribution in [1.82, 2.24) is 0 Å². The van der Waals surface area contributed by atoms with Gasteiger partial charge in [0.15, 0.2) is 6.10 Å². The van der Waals surface area contributed by atoms with Crippen molar-refractivity contribution in [2.24, 2.45) is 0 Å². The zero-order valence-electron chi connectivity index (χ0n) is 9.37. The third-order valence-electron chi connectivity index (χ3n) is 2.61. The van der Waals surface area contributed by atoms with E-state index in [0.29, 0.717) is 5.56 Å². The number of Topliss-reactive ketones (excluding diaryl/α,β-unsaturated/α-hetero) is 1. The lowest BCUT2D eigenvalue weighted by Crippen LogP contribution is -2.31. The van der Waals surface area contributed by atoms with Crippen LogP contribution in [0.15, 0.2) is 10.3 Å². The summed E-state index contributed by atoms with van der Waals surface area (Å²) in [4.78, 5) is 22.8. The van der Waals surface area contributed by atoms with Crippen molar-refractivity contribution in [2.75, 3.05) is 0 Å². The van der Waals surface area contributed by atoms with Crippen molar-refractivity contribution in [3.63, 3.8) is 0 Å². The van der Waals surface area contributed by atoms with Crippen LogP contribution in [0.1, 0.15) is 28.6 Å².